The molecular weight excluding hydrogens is 306 g/mol. The number of rotatable bonds is 10. The summed E-state index contributed by atoms with van der Waals surface area (Å²) in [6.07, 6.45) is 7.40. The Morgan fingerprint density at radius 1 is 1.00 bits per heavy atom. The highest BCUT2D eigenvalue weighted by Gasteiger charge is 2.45. The lowest BCUT2D eigenvalue weighted by molar-refractivity contribution is -0.933. The third kappa shape index (κ3) is 5.87. The van der Waals surface area contributed by atoms with Crippen LogP contribution in [0.3, 0.4) is 0 Å². The largest absolute Gasteiger partial charge is 1.00 e. The van der Waals surface area contributed by atoms with Gasteiger partial charge in [-0.3, -0.25) is 0 Å². The van der Waals surface area contributed by atoms with Crippen molar-refractivity contribution >= 4 is 0 Å². The van der Waals surface area contributed by atoms with Gasteiger partial charge in [0, 0.05) is 12.8 Å². The molecule has 0 bridgehead atoms. The van der Waals surface area contributed by atoms with Crippen molar-refractivity contribution in [1.29, 1.82) is 0 Å². The Labute approximate surface area is 127 Å². The second-order valence-corrected chi connectivity index (χ2v) is 4.83. The highest BCUT2D eigenvalue weighted by molar-refractivity contribution is 4.90. The molecule has 0 saturated carbocycles. The molecular formula is C15H26BrNO2. The van der Waals surface area contributed by atoms with Crippen molar-refractivity contribution in [2.45, 2.75) is 24.7 Å². The summed E-state index contributed by atoms with van der Waals surface area (Å²) < 4.78 is 0.430. The van der Waals surface area contributed by atoms with Gasteiger partial charge < -0.3 is 31.7 Å². The molecule has 0 aliphatic heterocycles. The molecule has 1 unspecified atom stereocenters. The van der Waals surface area contributed by atoms with E-state index < -0.39 is 11.8 Å². The minimum absolute atomic E-state index is 0. The molecule has 4 heteroatoms. The molecule has 0 aromatic rings. The topological polar surface area (TPSA) is 40.5 Å². The van der Waals surface area contributed by atoms with Gasteiger partial charge in [-0.15, -0.1) is 13.2 Å². The summed E-state index contributed by atoms with van der Waals surface area (Å²) >= 11 is 0. The van der Waals surface area contributed by atoms with Crippen LogP contribution >= 0.6 is 0 Å². The van der Waals surface area contributed by atoms with E-state index in [9.17, 15) is 10.2 Å². The lowest BCUT2D eigenvalue weighted by Crippen LogP contribution is -3.00. The Morgan fingerprint density at radius 3 is 1.79 bits per heavy atom. The predicted octanol–water partition coefficient (Wildman–Crippen LogP) is -0.989. The molecule has 0 aromatic carbocycles. The molecule has 19 heavy (non-hydrogen) atoms. The van der Waals surface area contributed by atoms with E-state index in [1.807, 2.05) is 7.05 Å². The molecule has 110 valence electrons. The van der Waals surface area contributed by atoms with Crippen LogP contribution in [0.4, 0.5) is 0 Å². The first-order chi connectivity index (χ1) is 8.37. The van der Waals surface area contributed by atoms with E-state index >= 15 is 0 Å². The first-order valence-electron chi connectivity index (χ1n) is 6.10. The Kier molecular flexibility index (Phi) is 10.1. The van der Waals surface area contributed by atoms with Crippen LogP contribution in [0.25, 0.3) is 0 Å². The van der Waals surface area contributed by atoms with Crippen LogP contribution in [0.2, 0.25) is 0 Å². The second kappa shape index (κ2) is 9.26. The van der Waals surface area contributed by atoms with Crippen LogP contribution < -0.4 is 17.0 Å². The van der Waals surface area contributed by atoms with E-state index in [1.54, 1.807) is 18.2 Å². The van der Waals surface area contributed by atoms with Gasteiger partial charge in [-0.25, -0.2) is 0 Å². The summed E-state index contributed by atoms with van der Waals surface area (Å²) in [5.41, 5.74) is 0. The summed E-state index contributed by atoms with van der Waals surface area (Å²) in [5.74, 6) is -1.81. The number of quaternary nitrogens is 1. The maximum atomic E-state index is 10.2. The van der Waals surface area contributed by atoms with E-state index in [1.165, 1.54) is 6.08 Å². The van der Waals surface area contributed by atoms with E-state index in [2.05, 4.69) is 26.3 Å². The van der Waals surface area contributed by atoms with Gasteiger partial charge in [0.05, 0.1) is 20.1 Å². The molecule has 0 rings (SSSR count). The molecule has 1 atom stereocenters. The molecule has 0 amide bonds. The number of nitrogens with zero attached hydrogens (tertiary/aromatic N) is 1. The molecule has 0 heterocycles. The standard InChI is InChI=1S/C15H26NO2.BrH/c1-6-10-14(15(17,18)11-7-2)16(5,12-8-3)13-9-4;/h6-9,14,17-18H,1-4,10-13H2,5H3;1H/q+1;/p-1. The van der Waals surface area contributed by atoms with E-state index in [0.717, 1.165) is 0 Å². The first-order valence-corrected chi connectivity index (χ1v) is 6.10. The van der Waals surface area contributed by atoms with Crippen molar-refractivity contribution in [2.75, 3.05) is 20.1 Å². The zero-order valence-corrected chi connectivity index (χ0v) is 13.3. The quantitative estimate of drug-likeness (QED) is 0.306. The fourth-order valence-corrected chi connectivity index (χ4v) is 2.37. The molecule has 0 aliphatic rings. The van der Waals surface area contributed by atoms with Crippen molar-refractivity contribution in [2.24, 2.45) is 0 Å². The molecule has 0 spiro atoms. The Hall–Kier alpha value is -0.680. The van der Waals surface area contributed by atoms with Gasteiger partial charge in [0.1, 0.15) is 6.04 Å². The van der Waals surface area contributed by atoms with Gasteiger partial charge in [-0.2, -0.15) is 0 Å². The summed E-state index contributed by atoms with van der Waals surface area (Å²) in [6.45, 7) is 16.0. The van der Waals surface area contributed by atoms with Crippen LogP contribution in [0.5, 0.6) is 0 Å². The lowest BCUT2D eigenvalue weighted by Gasteiger charge is -2.45. The molecule has 3 nitrogen and oxygen atoms in total. The zero-order chi connectivity index (χ0) is 14.2. The average molecular weight is 332 g/mol. The molecule has 2 N–H and O–H groups in total. The molecule has 0 saturated heterocycles. The van der Waals surface area contributed by atoms with Crippen molar-refractivity contribution in [3.05, 3.63) is 50.6 Å². The van der Waals surface area contributed by atoms with Gasteiger partial charge in [0.25, 0.3) is 0 Å². The fraction of sp³-hybridized carbons (Fsp3) is 0.467. The van der Waals surface area contributed by atoms with Gasteiger partial charge in [-0.05, 0) is 12.2 Å². The number of aliphatic hydroxyl groups is 2. The smallest absolute Gasteiger partial charge is 0.220 e. The SMILES string of the molecule is C=CCC(C(O)(O)CC=C)[N+](C)(CC=C)CC=C.[Br-]. The fourth-order valence-electron chi connectivity index (χ4n) is 2.37. The van der Waals surface area contributed by atoms with E-state index in [4.69, 9.17) is 0 Å². The van der Waals surface area contributed by atoms with Crippen LogP contribution in [0.15, 0.2) is 50.6 Å². The lowest BCUT2D eigenvalue weighted by atomic mass is 9.96. The summed E-state index contributed by atoms with van der Waals surface area (Å²) in [5, 5.41) is 20.5. The minimum Gasteiger partial charge on any atom is -1.00 e. The average Bonchev–Trinajstić information content (AvgIpc) is 2.26. The summed E-state index contributed by atoms with van der Waals surface area (Å²) in [6, 6.07) is -0.399. The van der Waals surface area contributed by atoms with Gasteiger partial charge >= 0.3 is 0 Å². The maximum Gasteiger partial charge on any atom is 0.220 e. The number of hydrogen-bond donors (Lipinski definition) is 2. The predicted molar refractivity (Wildman–Crippen MR) is 76.9 cm³/mol. The first kappa shape index (κ1) is 20.6. The Morgan fingerprint density at radius 2 is 1.47 bits per heavy atom. The third-order valence-corrected chi connectivity index (χ3v) is 3.21. The molecule has 0 aliphatic carbocycles. The van der Waals surface area contributed by atoms with Crippen LogP contribution in [-0.2, 0) is 0 Å². The van der Waals surface area contributed by atoms with Gasteiger partial charge in [0.15, 0.2) is 0 Å². The van der Waals surface area contributed by atoms with Crippen molar-refractivity contribution in [1.82, 2.24) is 0 Å². The normalized spacial score (nSPS) is 13.0. The minimum atomic E-state index is -1.81. The Bertz CT molecular complexity index is 303. The van der Waals surface area contributed by atoms with Crippen LogP contribution in [0, 0.1) is 0 Å². The monoisotopic (exact) mass is 331 g/mol. The molecule has 0 fully saturated rings. The van der Waals surface area contributed by atoms with Crippen molar-refractivity contribution in [3.63, 3.8) is 0 Å². The highest BCUT2D eigenvalue weighted by Crippen LogP contribution is 2.27. The van der Waals surface area contributed by atoms with Crippen LogP contribution in [0.1, 0.15) is 12.8 Å². The van der Waals surface area contributed by atoms with Gasteiger partial charge in [0.2, 0.25) is 5.79 Å². The maximum absolute atomic E-state index is 10.2. The molecule has 0 radical (unpaired) electrons. The van der Waals surface area contributed by atoms with Gasteiger partial charge in [-0.1, -0.05) is 25.3 Å². The van der Waals surface area contributed by atoms with Crippen molar-refractivity contribution in [3.8, 4) is 0 Å². The van der Waals surface area contributed by atoms with Crippen LogP contribution in [-0.4, -0.2) is 46.7 Å². The van der Waals surface area contributed by atoms with Crippen molar-refractivity contribution < 1.29 is 31.7 Å². The zero-order valence-electron chi connectivity index (χ0n) is 11.8. The van der Waals surface area contributed by atoms with E-state index in [0.29, 0.717) is 24.0 Å². The summed E-state index contributed by atoms with van der Waals surface area (Å²) in [7, 11) is 1.96. The number of likely N-dealkylation sites (N-methyl/N-ethyl adjacent to an activating group) is 1. The molecule has 0 aromatic heterocycles. The highest BCUT2D eigenvalue weighted by atomic mass is 79.9. The third-order valence-electron chi connectivity index (χ3n) is 3.21. The Balaban J connectivity index is 0. The summed E-state index contributed by atoms with van der Waals surface area (Å²) in [4.78, 5) is 0. The second-order valence-electron chi connectivity index (χ2n) is 4.83. The number of halogens is 1. The van der Waals surface area contributed by atoms with E-state index in [-0.39, 0.29) is 23.4 Å². The number of hydrogen-bond acceptors (Lipinski definition) is 2.